The third-order valence-corrected chi connectivity index (χ3v) is 4.90. The average Bonchev–Trinajstić information content (AvgIpc) is 2.70. The number of carbonyl (C=O) groups is 3. The van der Waals surface area contributed by atoms with Crippen molar-refractivity contribution in [2.75, 3.05) is 7.11 Å². The van der Waals surface area contributed by atoms with Gasteiger partial charge >= 0.3 is 5.97 Å². The highest BCUT2D eigenvalue weighted by Gasteiger charge is 2.28. The number of methoxy groups -OCH3 is 1. The SMILES string of the molecule is COC(=O)[C@@H](Cc1c(C)cccc1C)NC(=O)[C@@H](Cc1ccc(F)cc1)NC(C)=O. The van der Waals surface area contributed by atoms with Crippen LogP contribution in [0.2, 0.25) is 0 Å². The van der Waals surface area contributed by atoms with Crippen LogP contribution in [0.1, 0.15) is 29.2 Å². The van der Waals surface area contributed by atoms with E-state index in [0.29, 0.717) is 5.56 Å². The van der Waals surface area contributed by atoms with E-state index in [1.807, 2.05) is 32.0 Å². The number of amides is 2. The molecule has 0 radical (unpaired) electrons. The van der Waals surface area contributed by atoms with E-state index in [4.69, 9.17) is 4.74 Å². The standard InChI is InChI=1S/C23H27FN2O4/c1-14-6-5-7-15(2)19(14)13-21(23(29)30-4)26-22(28)20(25-16(3)27)12-17-8-10-18(24)11-9-17/h5-11,20-21H,12-13H2,1-4H3,(H,25,27)(H,26,28)/t20-,21-/m1/s1. The number of rotatable bonds is 8. The van der Waals surface area contributed by atoms with Gasteiger partial charge in [0.2, 0.25) is 11.8 Å². The Hall–Kier alpha value is -3.22. The van der Waals surface area contributed by atoms with Crippen molar-refractivity contribution in [3.63, 3.8) is 0 Å². The largest absolute Gasteiger partial charge is 0.467 e. The number of aryl methyl sites for hydroxylation is 2. The number of esters is 1. The van der Waals surface area contributed by atoms with Gasteiger partial charge in [0.15, 0.2) is 0 Å². The lowest BCUT2D eigenvalue weighted by molar-refractivity contribution is -0.145. The summed E-state index contributed by atoms with van der Waals surface area (Å²) in [6.45, 7) is 5.18. The smallest absolute Gasteiger partial charge is 0.328 e. The maximum atomic E-state index is 13.2. The molecule has 0 saturated heterocycles. The Balaban J connectivity index is 2.22. The highest BCUT2D eigenvalue weighted by atomic mass is 19.1. The Bertz CT molecular complexity index is 892. The Kier molecular flexibility index (Phi) is 8.09. The molecule has 0 aromatic heterocycles. The van der Waals surface area contributed by atoms with Crippen LogP contribution in [-0.2, 0) is 32.0 Å². The van der Waals surface area contributed by atoms with Crippen LogP contribution in [0, 0.1) is 19.7 Å². The van der Waals surface area contributed by atoms with E-state index in [2.05, 4.69) is 10.6 Å². The fourth-order valence-electron chi connectivity index (χ4n) is 3.29. The van der Waals surface area contributed by atoms with Crippen LogP contribution >= 0.6 is 0 Å². The zero-order valence-electron chi connectivity index (χ0n) is 17.6. The molecular weight excluding hydrogens is 387 g/mol. The molecule has 0 unspecified atom stereocenters. The maximum Gasteiger partial charge on any atom is 0.328 e. The van der Waals surface area contributed by atoms with Crippen LogP contribution in [0.3, 0.4) is 0 Å². The lowest BCUT2D eigenvalue weighted by atomic mass is 9.96. The van der Waals surface area contributed by atoms with Gasteiger partial charge in [-0.05, 0) is 48.2 Å². The van der Waals surface area contributed by atoms with Gasteiger partial charge in [-0.2, -0.15) is 0 Å². The quantitative estimate of drug-likeness (QED) is 0.650. The zero-order chi connectivity index (χ0) is 22.3. The van der Waals surface area contributed by atoms with E-state index in [0.717, 1.165) is 16.7 Å². The number of benzene rings is 2. The molecule has 2 N–H and O–H groups in total. The first-order valence-electron chi connectivity index (χ1n) is 9.66. The molecule has 0 aliphatic carbocycles. The topological polar surface area (TPSA) is 84.5 Å². The van der Waals surface area contributed by atoms with E-state index >= 15 is 0 Å². The van der Waals surface area contributed by atoms with Crippen LogP contribution in [0.15, 0.2) is 42.5 Å². The zero-order valence-corrected chi connectivity index (χ0v) is 17.6. The average molecular weight is 414 g/mol. The number of ether oxygens (including phenoxy) is 1. The van der Waals surface area contributed by atoms with Crippen molar-refractivity contribution in [1.29, 1.82) is 0 Å². The second-order valence-corrected chi connectivity index (χ2v) is 7.24. The predicted octanol–water partition coefficient (Wildman–Crippen LogP) is 2.39. The molecule has 2 amide bonds. The number of nitrogens with one attached hydrogen (secondary N) is 2. The summed E-state index contributed by atoms with van der Waals surface area (Å²) in [6.07, 6.45) is 0.420. The van der Waals surface area contributed by atoms with Gasteiger partial charge < -0.3 is 15.4 Å². The van der Waals surface area contributed by atoms with Gasteiger partial charge in [0, 0.05) is 19.8 Å². The first kappa shape index (κ1) is 23.1. The Labute approximate surface area is 175 Å². The molecule has 6 nitrogen and oxygen atoms in total. The monoisotopic (exact) mass is 414 g/mol. The normalized spacial score (nSPS) is 12.6. The molecule has 0 aliphatic heterocycles. The summed E-state index contributed by atoms with van der Waals surface area (Å²) >= 11 is 0. The first-order chi connectivity index (χ1) is 14.2. The highest BCUT2D eigenvalue weighted by Crippen LogP contribution is 2.16. The van der Waals surface area contributed by atoms with Crippen molar-refractivity contribution in [3.8, 4) is 0 Å². The van der Waals surface area contributed by atoms with Crippen molar-refractivity contribution in [2.24, 2.45) is 0 Å². The van der Waals surface area contributed by atoms with E-state index in [1.165, 1.54) is 26.2 Å². The first-order valence-corrected chi connectivity index (χ1v) is 9.66. The molecule has 2 rings (SSSR count). The van der Waals surface area contributed by atoms with Gasteiger partial charge in [-0.25, -0.2) is 9.18 Å². The summed E-state index contributed by atoms with van der Waals surface area (Å²) < 4.78 is 18.0. The van der Waals surface area contributed by atoms with Gasteiger partial charge in [-0.3, -0.25) is 9.59 Å². The molecule has 0 fully saturated rings. The van der Waals surface area contributed by atoms with Gasteiger partial charge in [0.05, 0.1) is 7.11 Å². The van der Waals surface area contributed by atoms with Crippen LogP contribution in [0.5, 0.6) is 0 Å². The lowest BCUT2D eigenvalue weighted by Crippen LogP contribution is -2.53. The van der Waals surface area contributed by atoms with Crippen molar-refractivity contribution in [3.05, 3.63) is 70.5 Å². The Morgan fingerprint density at radius 1 is 0.933 bits per heavy atom. The third kappa shape index (κ3) is 6.40. The van der Waals surface area contributed by atoms with Crippen LogP contribution < -0.4 is 10.6 Å². The molecule has 0 bridgehead atoms. The summed E-state index contributed by atoms with van der Waals surface area (Å²) in [7, 11) is 1.26. The molecule has 2 aromatic rings. The van der Waals surface area contributed by atoms with Gasteiger partial charge in [0.1, 0.15) is 17.9 Å². The molecule has 160 valence electrons. The van der Waals surface area contributed by atoms with Crippen molar-refractivity contribution < 1.29 is 23.5 Å². The molecule has 7 heteroatoms. The van der Waals surface area contributed by atoms with Crippen LogP contribution in [0.25, 0.3) is 0 Å². The number of halogens is 1. The summed E-state index contributed by atoms with van der Waals surface area (Å²) in [5.41, 5.74) is 3.63. The molecule has 0 aliphatic rings. The maximum absolute atomic E-state index is 13.2. The Morgan fingerprint density at radius 3 is 2.07 bits per heavy atom. The van der Waals surface area contributed by atoms with Gasteiger partial charge in [0.25, 0.3) is 0 Å². The van der Waals surface area contributed by atoms with Crippen molar-refractivity contribution in [1.82, 2.24) is 10.6 Å². The van der Waals surface area contributed by atoms with Crippen LogP contribution in [0.4, 0.5) is 4.39 Å². The fraction of sp³-hybridized carbons (Fsp3) is 0.348. The van der Waals surface area contributed by atoms with Gasteiger partial charge in [-0.1, -0.05) is 30.3 Å². The number of hydrogen-bond donors (Lipinski definition) is 2. The number of hydrogen-bond acceptors (Lipinski definition) is 4. The van der Waals surface area contributed by atoms with E-state index in [9.17, 15) is 18.8 Å². The van der Waals surface area contributed by atoms with Crippen molar-refractivity contribution >= 4 is 17.8 Å². The summed E-state index contributed by atoms with van der Waals surface area (Å²) in [6, 6.07) is 9.64. The molecule has 0 spiro atoms. The lowest BCUT2D eigenvalue weighted by Gasteiger charge is -2.23. The minimum absolute atomic E-state index is 0.156. The third-order valence-electron chi connectivity index (χ3n) is 4.90. The molecule has 0 saturated carbocycles. The van der Waals surface area contributed by atoms with E-state index in [1.54, 1.807) is 12.1 Å². The van der Waals surface area contributed by atoms with Crippen molar-refractivity contribution in [2.45, 2.75) is 45.7 Å². The number of carbonyl (C=O) groups excluding carboxylic acids is 3. The molecule has 0 heterocycles. The second-order valence-electron chi connectivity index (χ2n) is 7.24. The van der Waals surface area contributed by atoms with Crippen LogP contribution in [-0.4, -0.2) is 37.0 Å². The minimum atomic E-state index is -0.918. The van der Waals surface area contributed by atoms with E-state index in [-0.39, 0.29) is 18.7 Å². The molecule has 2 aromatic carbocycles. The summed E-state index contributed by atoms with van der Waals surface area (Å²) in [5, 5.41) is 5.30. The highest BCUT2D eigenvalue weighted by molar-refractivity contribution is 5.90. The second kappa shape index (κ2) is 10.5. The fourth-order valence-corrected chi connectivity index (χ4v) is 3.29. The summed E-state index contributed by atoms with van der Waals surface area (Å²) in [4.78, 5) is 36.9. The molecular formula is C23H27FN2O4. The summed E-state index contributed by atoms with van der Waals surface area (Å²) in [5.74, 6) is -1.87. The van der Waals surface area contributed by atoms with E-state index < -0.39 is 29.8 Å². The molecule has 2 atom stereocenters. The predicted molar refractivity (Wildman–Crippen MR) is 111 cm³/mol. The molecule has 30 heavy (non-hydrogen) atoms. The van der Waals surface area contributed by atoms with Gasteiger partial charge in [-0.15, -0.1) is 0 Å². The minimum Gasteiger partial charge on any atom is -0.467 e. The Morgan fingerprint density at radius 2 is 1.53 bits per heavy atom.